The fourth-order valence-electron chi connectivity index (χ4n) is 6.37. The number of hydrogen-bond acceptors (Lipinski definition) is 2. The van der Waals surface area contributed by atoms with Crippen molar-refractivity contribution in [3.63, 3.8) is 0 Å². The minimum atomic E-state index is -0.861. The van der Waals surface area contributed by atoms with Crippen LogP contribution in [0.15, 0.2) is 11.6 Å². The van der Waals surface area contributed by atoms with Crippen molar-refractivity contribution in [2.45, 2.75) is 78.7 Å². The number of carbonyl (C=O) groups is 1. The lowest BCUT2D eigenvalue weighted by atomic mass is 9.38. The zero-order valence-electron chi connectivity index (χ0n) is 15.1. The van der Waals surface area contributed by atoms with Gasteiger partial charge in [0.15, 0.2) is 0 Å². The zero-order chi connectivity index (χ0) is 17.0. The Morgan fingerprint density at radius 2 is 1.87 bits per heavy atom. The molecule has 2 N–H and O–H groups in total. The van der Waals surface area contributed by atoms with Crippen molar-refractivity contribution < 1.29 is 15.0 Å². The number of fused-ring (bicyclic) bond motifs is 3. The molecule has 0 spiro atoms. The van der Waals surface area contributed by atoms with Crippen LogP contribution in [-0.2, 0) is 4.79 Å². The van der Waals surface area contributed by atoms with Gasteiger partial charge in [-0.25, -0.2) is 4.79 Å². The summed E-state index contributed by atoms with van der Waals surface area (Å²) in [7, 11) is 0. The van der Waals surface area contributed by atoms with E-state index in [1.54, 1.807) is 0 Å². The van der Waals surface area contributed by atoms with E-state index in [1.807, 2.05) is 6.08 Å². The Morgan fingerprint density at radius 3 is 2.52 bits per heavy atom. The number of hydrogen-bond donors (Lipinski definition) is 2. The highest BCUT2D eigenvalue weighted by Crippen LogP contribution is 2.69. The highest BCUT2D eigenvalue weighted by atomic mass is 16.4. The molecule has 5 unspecified atom stereocenters. The molecule has 3 nitrogen and oxygen atoms in total. The van der Waals surface area contributed by atoms with E-state index in [4.69, 9.17) is 0 Å². The molecule has 0 aliphatic heterocycles. The Morgan fingerprint density at radius 1 is 1.17 bits per heavy atom. The van der Waals surface area contributed by atoms with Crippen LogP contribution in [0.2, 0.25) is 0 Å². The van der Waals surface area contributed by atoms with Gasteiger partial charge >= 0.3 is 5.97 Å². The third-order valence-corrected chi connectivity index (χ3v) is 8.38. The highest BCUT2D eigenvalue weighted by Gasteiger charge is 2.62. The van der Waals surface area contributed by atoms with E-state index in [9.17, 15) is 15.0 Å². The van der Waals surface area contributed by atoms with Crippen LogP contribution >= 0.6 is 0 Å². The standard InChI is InChI=1S/C20H32O3/c1-18(2)9-5-10-19(3)15-7-6-13(17(22)23)12-16(21)14(15)8-11-20(18,19)4/h6,14-16,21H,5,7-12H2,1-4H3,(H,22,23). The summed E-state index contributed by atoms with van der Waals surface area (Å²) in [5.41, 5.74) is 1.16. The average Bonchev–Trinajstić information content (AvgIpc) is 2.62. The minimum absolute atomic E-state index is 0.184. The SMILES string of the molecule is CC1(C)CCCC2(C)C3CC=C(C(=O)O)CC(O)C3CCC12C. The van der Waals surface area contributed by atoms with Crippen LogP contribution in [0.1, 0.15) is 72.6 Å². The molecule has 130 valence electrons. The van der Waals surface area contributed by atoms with Gasteiger partial charge in [0.25, 0.3) is 0 Å². The average molecular weight is 320 g/mol. The molecule has 23 heavy (non-hydrogen) atoms. The Labute approximate surface area is 140 Å². The molecule has 3 rings (SSSR count). The van der Waals surface area contributed by atoms with Gasteiger partial charge in [-0.15, -0.1) is 0 Å². The van der Waals surface area contributed by atoms with Gasteiger partial charge in [0.2, 0.25) is 0 Å². The molecule has 0 radical (unpaired) electrons. The molecule has 2 saturated carbocycles. The van der Waals surface area contributed by atoms with Gasteiger partial charge in [-0.3, -0.25) is 0 Å². The quantitative estimate of drug-likeness (QED) is 0.753. The first kappa shape index (κ1) is 17.0. The molecule has 0 aromatic rings. The van der Waals surface area contributed by atoms with Gasteiger partial charge in [0.05, 0.1) is 6.10 Å². The van der Waals surface area contributed by atoms with Gasteiger partial charge < -0.3 is 10.2 Å². The van der Waals surface area contributed by atoms with Gasteiger partial charge in [-0.1, -0.05) is 40.2 Å². The third-order valence-electron chi connectivity index (χ3n) is 8.38. The van der Waals surface area contributed by atoms with Crippen molar-refractivity contribution in [1.29, 1.82) is 0 Å². The first-order valence-electron chi connectivity index (χ1n) is 9.23. The largest absolute Gasteiger partial charge is 0.478 e. The third kappa shape index (κ3) is 2.30. The second-order valence-electron chi connectivity index (χ2n) is 9.34. The maximum Gasteiger partial charge on any atom is 0.331 e. The molecule has 0 saturated heterocycles. The number of carboxylic acids is 1. The lowest BCUT2D eigenvalue weighted by Gasteiger charge is -2.66. The van der Waals surface area contributed by atoms with E-state index in [1.165, 1.54) is 19.3 Å². The normalized spacial score (nSPS) is 46.1. The van der Waals surface area contributed by atoms with Crippen molar-refractivity contribution in [1.82, 2.24) is 0 Å². The van der Waals surface area contributed by atoms with Crippen LogP contribution in [0.4, 0.5) is 0 Å². The van der Waals surface area contributed by atoms with E-state index >= 15 is 0 Å². The molecule has 0 aromatic heterocycles. The Bertz CT molecular complexity index is 535. The monoisotopic (exact) mass is 320 g/mol. The van der Waals surface area contributed by atoms with E-state index in [2.05, 4.69) is 27.7 Å². The molecule has 3 aliphatic carbocycles. The lowest BCUT2D eigenvalue weighted by molar-refractivity contribution is -0.181. The van der Waals surface area contributed by atoms with E-state index in [0.717, 1.165) is 19.3 Å². The number of aliphatic carboxylic acids is 1. The van der Waals surface area contributed by atoms with Crippen LogP contribution in [-0.4, -0.2) is 22.3 Å². The summed E-state index contributed by atoms with van der Waals surface area (Å²) in [6, 6.07) is 0. The summed E-state index contributed by atoms with van der Waals surface area (Å²) in [5.74, 6) is -0.220. The first-order valence-corrected chi connectivity index (χ1v) is 9.23. The number of rotatable bonds is 1. The van der Waals surface area contributed by atoms with Gasteiger partial charge in [0, 0.05) is 12.0 Å². The molecule has 2 fully saturated rings. The van der Waals surface area contributed by atoms with Crippen LogP contribution in [0, 0.1) is 28.1 Å². The van der Waals surface area contributed by atoms with Gasteiger partial charge in [-0.05, 0) is 60.2 Å². The molecular formula is C20H32O3. The molecule has 0 amide bonds. The van der Waals surface area contributed by atoms with Crippen molar-refractivity contribution in [2.24, 2.45) is 28.1 Å². The summed E-state index contributed by atoms with van der Waals surface area (Å²) in [6.45, 7) is 9.71. The molecule has 0 aromatic carbocycles. The number of aliphatic hydroxyl groups excluding tert-OH is 1. The van der Waals surface area contributed by atoms with Crippen molar-refractivity contribution in [3.05, 3.63) is 11.6 Å². The second-order valence-corrected chi connectivity index (χ2v) is 9.34. The summed E-state index contributed by atoms with van der Waals surface area (Å²) in [5, 5.41) is 20.1. The van der Waals surface area contributed by atoms with E-state index < -0.39 is 12.1 Å². The fraction of sp³-hybridized carbons (Fsp3) is 0.850. The van der Waals surface area contributed by atoms with Crippen molar-refractivity contribution in [3.8, 4) is 0 Å². The summed E-state index contributed by atoms with van der Waals surface area (Å²) >= 11 is 0. The van der Waals surface area contributed by atoms with Crippen LogP contribution < -0.4 is 0 Å². The predicted octanol–water partition coefficient (Wildman–Crippen LogP) is 4.40. The Kier molecular flexibility index (Phi) is 3.95. The molecule has 5 atom stereocenters. The highest BCUT2D eigenvalue weighted by molar-refractivity contribution is 5.86. The Balaban J connectivity index is 2.02. The van der Waals surface area contributed by atoms with Gasteiger partial charge in [-0.2, -0.15) is 0 Å². The molecule has 3 heteroatoms. The smallest absolute Gasteiger partial charge is 0.331 e. The summed E-state index contributed by atoms with van der Waals surface area (Å²) < 4.78 is 0. The Hall–Kier alpha value is -0.830. The number of aliphatic hydroxyl groups is 1. The molecule has 0 bridgehead atoms. The molecule has 3 aliphatic rings. The molecular weight excluding hydrogens is 288 g/mol. The summed E-state index contributed by atoms with van der Waals surface area (Å²) in [6.07, 6.45) is 8.43. The zero-order valence-corrected chi connectivity index (χ0v) is 15.1. The van der Waals surface area contributed by atoms with Crippen molar-refractivity contribution >= 4 is 5.97 Å². The fourth-order valence-corrected chi connectivity index (χ4v) is 6.37. The number of allylic oxidation sites excluding steroid dienone is 1. The summed E-state index contributed by atoms with van der Waals surface area (Å²) in [4.78, 5) is 11.4. The van der Waals surface area contributed by atoms with Crippen molar-refractivity contribution in [2.75, 3.05) is 0 Å². The minimum Gasteiger partial charge on any atom is -0.478 e. The van der Waals surface area contributed by atoms with E-state index in [0.29, 0.717) is 23.3 Å². The number of carboxylic acid groups (broad SMARTS) is 1. The lowest BCUT2D eigenvalue weighted by Crippen LogP contribution is -2.59. The maximum atomic E-state index is 11.4. The topological polar surface area (TPSA) is 57.5 Å². The first-order chi connectivity index (χ1) is 10.6. The second kappa shape index (κ2) is 5.34. The maximum absolute atomic E-state index is 11.4. The predicted molar refractivity (Wildman–Crippen MR) is 91.0 cm³/mol. The van der Waals surface area contributed by atoms with Crippen LogP contribution in [0.5, 0.6) is 0 Å². The molecule has 0 heterocycles. The van der Waals surface area contributed by atoms with E-state index in [-0.39, 0.29) is 16.7 Å². The van der Waals surface area contributed by atoms with Crippen LogP contribution in [0.3, 0.4) is 0 Å². The van der Waals surface area contributed by atoms with Gasteiger partial charge in [0.1, 0.15) is 0 Å². The van der Waals surface area contributed by atoms with Crippen LogP contribution in [0.25, 0.3) is 0 Å².